The number of aliphatic carboxylic acids is 1. The normalized spacial score (nSPS) is 25.1. The fourth-order valence-electron chi connectivity index (χ4n) is 2.28. The second-order valence-electron chi connectivity index (χ2n) is 5.93. The average molecular weight is 251 g/mol. The number of carboxylic acids is 1. The Bertz CT molecular complexity index is 434. The molecule has 0 aliphatic carbocycles. The van der Waals surface area contributed by atoms with Gasteiger partial charge in [-0.1, -0.05) is 0 Å². The third-order valence-corrected chi connectivity index (χ3v) is 3.38. The van der Waals surface area contributed by atoms with E-state index >= 15 is 0 Å². The number of piperidine rings is 1. The Morgan fingerprint density at radius 1 is 1.50 bits per heavy atom. The predicted octanol–water partition coefficient (Wildman–Crippen LogP) is 1.91. The quantitative estimate of drug-likeness (QED) is 0.842. The van der Waals surface area contributed by atoms with Crippen LogP contribution >= 0.6 is 0 Å². The number of nitrogens with zero attached hydrogens (tertiary/aromatic N) is 2. The first-order valence-corrected chi connectivity index (χ1v) is 6.42. The van der Waals surface area contributed by atoms with E-state index in [9.17, 15) is 4.79 Å². The molecule has 0 saturated carbocycles. The van der Waals surface area contributed by atoms with Crippen LogP contribution in [0.15, 0.2) is 12.4 Å². The van der Waals surface area contributed by atoms with Gasteiger partial charge in [0.05, 0.1) is 11.7 Å². The highest BCUT2D eigenvalue weighted by molar-refractivity contribution is 5.73. The molecule has 2 atom stereocenters. The summed E-state index contributed by atoms with van der Waals surface area (Å²) in [7, 11) is 0. The third kappa shape index (κ3) is 2.72. The van der Waals surface area contributed by atoms with Crippen molar-refractivity contribution in [2.24, 2.45) is 0 Å². The van der Waals surface area contributed by atoms with Crippen LogP contribution in [0.2, 0.25) is 0 Å². The average Bonchev–Trinajstić information content (AvgIpc) is 2.78. The van der Waals surface area contributed by atoms with E-state index in [-0.39, 0.29) is 11.6 Å². The summed E-state index contributed by atoms with van der Waals surface area (Å²) >= 11 is 0. The maximum Gasteiger partial charge on any atom is 0.320 e. The van der Waals surface area contributed by atoms with Crippen molar-refractivity contribution in [2.75, 3.05) is 0 Å². The topological polar surface area (TPSA) is 67.2 Å². The van der Waals surface area contributed by atoms with E-state index in [0.29, 0.717) is 6.42 Å². The molecule has 0 radical (unpaired) electrons. The van der Waals surface area contributed by atoms with Crippen molar-refractivity contribution in [1.29, 1.82) is 0 Å². The molecule has 1 aromatic heterocycles. The molecule has 18 heavy (non-hydrogen) atoms. The fourth-order valence-corrected chi connectivity index (χ4v) is 2.28. The number of nitrogens with one attached hydrogen (secondary N) is 1. The van der Waals surface area contributed by atoms with Crippen LogP contribution in [0.3, 0.4) is 0 Å². The first-order chi connectivity index (χ1) is 8.38. The zero-order valence-electron chi connectivity index (χ0n) is 11.2. The van der Waals surface area contributed by atoms with E-state index in [1.54, 1.807) is 0 Å². The lowest BCUT2D eigenvalue weighted by molar-refractivity contribution is -0.140. The lowest BCUT2D eigenvalue weighted by atomic mass is 9.95. The fraction of sp³-hybridized carbons (Fsp3) is 0.692. The van der Waals surface area contributed by atoms with Gasteiger partial charge in [-0.25, -0.2) is 0 Å². The monoisotopic (exact) mass is 251 g/mol. The minimum atomic E-state index is -0.761. The van der Waals surface area contributed by atoms with Gasteiger partial charge in [0, 0.05) is 17.8 Å². The van der Waals surface area contributed by atoms with Gasteiger partial charge in [-0.2, -0.15) is 5.10 Å². The van der Waals surface area contributed by atoms with E-state index in [1.165, 1.54) is 0 Å². The number of hydrogen-bond donors (Lipinski definition) is 2. The maximum atomic E-state index is 11.0. The van der Waals surface area contributed by atoms with E-state index < -0.39 is 12.0 Å². The zero-order chi connectivity index (χ0) is 13.3. The Morgan fingerprint density at radius 3 is 2.78 bits per heavy atom. The van der Waals surface area contributed by atoms with Crippen molar-refractivity contribution in [3.8, 4) is 0 Å². The molecule has 1 aliphatic rings. The Labute approximate surface area is 107 Å². The molecule has 0 aromatic carbocycles. The van der Waals surface area contributed by atoms with Gasteiger partial charge in [-0.05, 0) is 40.0 Å². The minimum Gasteiger partial charge on any atom is -0.480 e. The first kappa shape index (κ1) is 13.1. The molecule has 5 nitrogen and oxygen atoms in total. The summed E-state index contributed by atoms with van der Waals surface area (Å²) in [6.07, 6.45) is 6.48. The Kier molecular flexibility index (Phi) is 3.43. The van der Waals surface area contributed by atoms with Crippen molar-refractivity contribution < 1.29 is 9.90 Å². The van der Waals surface area contributed by atoms with Crippen molar-refractivity contribution in [1.82, 2.24) is 15.1 Å². The SMILES string of the molecule is CC(C)(C)n1cc(C2CCCC(C(=O)O)N2)cn1. The van der Waals surface area contributed by atoms with Crippen molar-refractivity contribution in [3.05, 3.63) is 18.0 Å². The largest absolute Gasteiger partial charge is 0.480 e. The van der Waals surface area contributed by atoms with Crippen LogP contribution in [0.4, 0.5) is 0 Å². The summed E-state index contributed by atoms with van der Waals surface area (Å²) < 4.78 is 1.92. The molecule has 1 fully saturated rings. The summed E-state index contributed by atoms with van der Waals surface area (Å²) in [6, 6.07) is -0.322. The molecule has 5 heteroatoms. The van der Waals surface area contributed by atoms with Crippen molar-refractivity contribution >= 4 is 5.97 Å². The number of carboxylic acid groups (broad SMARTS) is 1. The highest BCUT2D eigenvalue weighted by Gasteiger charge is 2.28. The van der Waals surface area contributed by atoms with Gasteiger partial charge < -0.3 is 5.11 Å². The Morgan fingerprint density at radius 2 is 2.22 bits per heavy atom. The molecule has 1 saturated heterocycles. The van der Waals surface area contributed by atoms with Gasteiger partial charge in [0.2, 0.25) is 0 Å². The van der Waals surface area contributed by atoms with Crippen LogP contribution in [-0.4, -0.2) is 26.9 Å². The van der Waals surface area contributed by atoms with E-state index in [0.717, 1.165) is 18.4 Å². The van der Waals surface area contributed by atoms with Crippen LogP contribution in [0.25, 0.3) is 0 Å². The standard InChI is InChI=1S/C13H21N3O2/c1-13(2,3)16-8-9(7-14-16)10-5-4-6-11(15-10)12(17)18/h7-8,10-11,15H,4-6H2,1-3H3,(H,17,18). The lowest BCUT2D eigenvalue weighted by Crippen LogP contribution is -2.42. The molecule has 2 unspecified atom stereocenters. The number of aromatic nitrogens is 2. The van der Waals surface area contributed by atoms with Crippen LogP contribution < -0.4 is 5.32 Å². The van der Waals surface area contributed by atoms with Crippen LogP contribution in [0.5, 0.6) is 0 Å². The lowest BCUT2D eigenvalue weighted by Gasteiger charge is -2.28. The summed E-state index contributed by atoms with van der Waals surface area (Å²) in [4.78, 5) is 11.0. The van der Waals surface area contributed by atoms with Crippen LogP contribution in [0, 0.1) is 0 Å². The zero-order valence-corrected chi connectivity index (χ0v) is 11.2. The smallest absolute Gasteiger partial charge is 0.320 e. The van der Waals surface area contributed by atoms with Crippen LogP contribution in [-0.2, 0) is 10.3 Å². The second-order valence-corrected chi connectivity index (χ2v) is 5.93. The first-order valence-electron chi connectivity index (χ1n) is 6.42. The summed E-state index contributed by atoms with van der Waals surface area (Å²) in [5.74, 6) is -0.761. The van der Waals surface area contributed by atoms with Gasteiger partial charge in [0.25, 0.3) is 0 Å². The molecule has 0 amide bonds. The highest BCUT2D eigenvalue weighted by atomic mass is 16.4. The summed E-state index contributed by atoms with van der Waals surface area (Å²) in [5.41, 5.74) is 1.04. The Balaban J connectivity index is 2.12. The molecule has 1 aromatic rings. The minimum absolute atomic E-state index is 0.0425. The van der Waals surface area contributed by atoms with Gasteiger partial charge in [0.1, 0.15) is 6.04 Å². The molecule has 2 rings (SSSR count). The number of carbonyl (C=O) groups is 1. The van der Waals surface area contributed by atoms with E-state index in [2.05, 4.69) is 31.2 Å². The van der Waals surface area contributed by atoms with Crippen molar-refractivity contribution in [2.45, 2.75) is 57.7 Å². The van der Waals surface area contributed by atoms with Gasteiger partial charge >= 0.3 is 5.97 Å². The maximum absolute atomic E-state index is 11.0. The predicted molar refractivity (Wildman–Crippen MR) is 68.4 cm³/mol. The number of rotatable bonds is 2. The Hall–Kier alpha value is -1.36. The number of hydrogen-bond acceptors (Lipinski definition) is 3. The molecule has 0 bridgehead atoms. The molecule has 1 aliphatic heterocycles. The molecular weight excluding hydrogens is 230 g/mol. The second kappa shape index (κ2) is 4.72. The highest BCUT2D eigenvalue weighted by Crippen LogP contribution is 2.26. The van der Waals surface area contributed by atoms with Crippen molar-refractivity contribution in [3.63, 3.8) is 0 Å². The van der Waals surface area contributed by atoms with E-state index in [1.807, 2.05) is 17.1 Å². The molecule has 2 heterocycles. The summed E-state index contributed by atoms with van der Waals surface area (Å²) in [5, 5.41) is 16.6. The van der Waals surface area contributed by atoms with Crippen LogP contribution in [0.1, 0.15) is 51.6 Å². The summed E-state index contributed by atoms with van der Waals surface area (Å²) in [6.45, 7) is 6.29. The molecule has 2 N–H and O–H groups in total. The third-order valence-electron chi connectivity index (χ3n) is 3.38. The van der Waals surface area contributed by atoms with Gasteiger partial charge in [-0.3, -0.25) is 14.8 Å². The van der Waals surface area contributed by atoms with E-state index in [4.69, 9.17) is 5.11 Å². The molecule has 100 valence electrons. The molecular formula is C13H21N3O2. The molecule has 0 spiro atoms. The van der Waals surface area contributed by atoms with Gasteiger partial charge in [0.15, 0.2) is 0 Å². The van der Waals surface area contributed by atoms with Gasteiger partial charge in [-0.15, -0.1) is 0 Å².